The Bertz CT molecular complexity index is 2490. The highest BCUT2D eigenvalue weighted by Crippen LogP contribution is 2.59. The molecule has 1 aliphatic rings. The normalized spacial score (nSPS) is 12.6. The SMILES string of the molecule is N#Cc1cc(-c2ccc(-c3ccc4c(c3)C(c3ccccc3)(c3ccccc3)c3cc(-c5ccccc5)c5ccccc5c3-4)cc2)ccn1. The first kappa shape index (κ1) is 28.6. The van der Waals surface area contributed by atoms with E-state index in [1.54, 1.807) is 6.20 Å². The summed E-state index contributed by atoms with van der Waals surface area (Å²) < 4.78 is 0. The van der Waals surface area contributed by atoms with Crippen molar-refractivity contribution in [2.24, 2.45) is 0 Å². The summed E-state index contributed by atoms with van der Waals surface area (Å²) in [5.74, 6) is 0. The van der Waals surface area contributed by atoms with Gasteiger partial charge in [0, 0.05) is 6.20 Å². The molecule has 8 aromatic rings. The van der Waals surface area contributed by atoms with E-state index in [0.717, 1.165) is 22.3 Å². The highest BCUT2D eigenvalue weighted by molar-refractivity contribution is 6.10. The van der Waals surface area contributed by atoms with Crippen molar-refractivity contribution >= 4 is 10.8 Å². The standard InChI is InChI=1S/C47H30N2/c48-31-39-28-36(26-27-49-39)33-22-20-32(21-23-33)35-24-25-42-44(29-35)47(37-14-6-2-7-15-37,38-16-8-3-9-17-38)45-30-43(34-12-4-1-5-13-34)40-18-10-11-19-41(40)46(42)45/h1-30H. The number of nitrogens with zero attached hydrogens (tertiary/aromatic N) is 2. The molecule has 0 bridgehead atoms. The topological polar surface area (TPSA) is 36.7 Å². The average molecular weight is 623 g/mol. The van der Waals surface area contributed by atoms with E-state index in [-0.39, 0.29) is 0 Å². The Kier molecular flexibility index (Phi) is 6.78. The van der Waals surface area contributed by atoms with Crippen molar-refractivity contribution in [1.29, 1.82) is 5.26 Å². The van der Waals surface area contributed by atoms with Crippen molar-refractivity contribution in [2.45, 2.75) is 5.41 Å². The molecule has 1 aliphatic carbocycles. The van der Waals surface area contributed by atoms with Crippen LogP contribution in [0.25, 0.3) is 55.3 Å². The third kappa shape index (κ3) is 4.52. The van der Waals surface area contributed by atoms with E-state index < -0.39 is 5.41 Å². The average Bonchev–Trinajstić information content (AvgIpc) is 3.49. The molecule has 0 radical (unpaired) electrons. The predicted octanol–water partition coefficient (Wildman–Crippen LogP) is 11.5. The zero-order valence-electron chi connectivity index (χ0n) is 26.7. The van der Waals surface area contributed by atoms with Gasteiger partial charge in [-0.25, -0.2) is 4.98 Å². The second-order valence-corrected chi connectivity index (χ2v) is 12.6. The molecule has 0 fully saturated rings. The summed E-state index contributed by atoms with van der Waals surface area (Å²) >= 11 is 0. The zero-order valence-corrected chi connectivity index (χ0v) is 26.7. The van der Waals surface area contributed by atoms with Gasteiger partial charge in [0.15, 0.2) is 0 Å². The van der Waals surface area contributed by atoms with Crippen LogP contribution in [0.3, 0.4) is 0 Å². The second-order valence-electron chi connectivity index (χ2n) is 12.6. The van der Waals surface area contributed by atoms with Gasteiger partial charge in [0.25, 0.3) is 0 Å². The summed E-state index contributed by atoms with van der Waals surface area (Å²) in [6.45, 7) is 0. The number of benzene rings is 7. The van der Waals surface area contributed by atoms with Gasteiger partial charge in [0.1, 0.15) is 11.8 Å². The van der Waals surface area contributed by atoms with Gasteiger partial charge in [-0.2, -0.15) is 5.26 Å². The molecule has 0 saturated carbocycles. The van der Waals surface area contributed by atoms with Crippen LogP contribution in [0.2, 0.25) is 0 Å². The summed E-state index contributed by atoms with van der Waals surface area (Å²) in [6, 6.07) is 65.7. The van der Waals surface area contributed by atoms with E-state index in [1.165, 1.54) is 55.3 Å². The van der Waals surface area contributed by atoms with Gasteiger partial charge < -0.3 is 0 Å². The molecule has 0 N–H and O–H groups in total. The fourth-order valence-corrected chi connectivity index (χ4v) is 7.91. The lowest BCUT2D eigenvalue weighted by Crippen LogP contribution is -2.28. The minimum atomic E-state index is -0.540. The second kappa shape index (κ2) is 11.6. The van der Waals surface area contributed by atoms with Crippen LogP contribution < -0.4 is 0 Å². The van der Waals surface area contributed by atoms with Gasteiger partial charge in [0.2, 0.25) is 0 Å². The molecule has 228 valence electrons. The molecule has 0 spiro atoms. The van der Waals surface area contributed by atoms with E-state index in [9.17, 15) is 5.26 Å². The van der Waals surface area contributed by atoms with Gasteiger partial charge in [-0.3, -0.25) is 0 Å². The molecule has 7 aromatic carbocycles. The maximum absolute atomic E-state index is 9.37. The fourth-order valence-electron chi connectivity index (χ4n) is 7.91. The van der Waals surface area contributed by atoms with Crippen LogP contribution in [0.1, 0.15) is 27.9 Å². The predicted molar refractivity (Wildman–Crippen MR) is 200 cm³/mol. The molecular weight excluding hydrogens is 593 g/mol. The van der Waals surface area contributed by atoms with E-state index in [4.69, 9.17) is 0 Å². The van der Waals surface area contributed by atoms with E-state index in [2.05, 4.69) is 175 Å². The third-order valence-corrected chi connectivity index (χ3v) is 10.1. The maximum Gasteiger partial charge on any atom is 0.141 e. The Labute approximate surface area is 286 Å². The number of fused-ring (bicyclic) bond motifs is 5. The molecule has 49 heavy (non-hydrogen) atoms. The quantitative estimate of drug-likeness (QED) is 0.191. The van der Waals surface area contributed by atoms with Crippen LogP contribution in [0, 0.1) is 11.3 Å². The minimum absolute atomic E-state index is 0.417. The van der Waals surface area contributed by atoms with Crippen molar-refractivity contribution in [3.63, 3.8) is 0 Å². The smallest absolute Gasteiger partial charge is 0.141 e. The van der Waals surface area contributed by atoms with Gasteiger partial charge in [-0.05, 0) is 102 Å². The Morgan fingerprint density at radius 1 is 0.429 bits per heavy atom. The summed E-state index contributed by atoms with van der Waals surface area (Å²) in [5.41, 5.74) is 14.3. The summed E-state index contributed by atoms with van der Waals surface area (Å²) in [4.78, 5) is 4.14. The molecule has 2 nitrogen and oxygen atoms in total. The first-order valence-corrected chi connectivity index (χ1v) is 16.6. The number of hydrogen-bond donors (Lipinski definition) is 0. The highest BCUT2D eigenvalue weighted by Gasteiger charge is 2.47. The van der Waals surface area contributed by atoms with Crippen LogP contribution >= 0.6 is 0 Å². The first-order valence-electron chi connectivity index (χ1n) is 16.6. The van der Waals surface area contributed by atoms with Crippen LogP contribution in [0.4, 0.5) is 0 Å². The van der Waals surface area contributed by atoms with Crippen LogP contribution in [0.15, 0.2) is 182 Å². The van der Waals surface area contributed by atoms with Crippen LogP contribution in [-0.4, -0.2) is 4.98 Å². The van der Waals surface area contributed by atoms with Gasteiger partial charge in [0.05, 0.1) is 5.41 Å². The lowest BCUT2D eigenvalue weighted by Gasteiger charge is -2.34. The molecule has 0 atom stereocenters. The third-order valence-electron chi connectivity index (χ3n) is 10.1. The number of pyridine rings is 1. The molecule has 2 heteroatoms. The van der Waals surface area contributed by atoms with Crippen molar-refractivity contribution < 1.29 is 0 Å². The first-order chi connectivity index (χ1) is 24.3. The maximum atomic E-state index is 9.37. The van der Waals surface area contributed by atoms with Crippen LogP contribution in [-0.2, 0) is 5.41 Å². The number of rotatable bonds is 5. The lowest BCUT2D eigenvalue weighted by molar-refractivity contribution is 0.769. The molecule has 0 saturated heterocycles. The van der Waals surface area contributed by atoms with Gasteiger partial charge >= 0.3 is 0 Å². The van der Waals surface area contributed by atoms with E-state index in [0.29, 0.717) is 5.69 Å². The Morgan fingerprint density at radius 2 is 0.980 bits per heavy atom. The largest absolute Gasteiger partial charge is 0.246 e. The van der Waals surface area contributed by atoms with Crippen molar-refractivity contribution in [3.8, 4) is 50.6 Å². The van der Waals surface area contributed by atoms with Crippen molar-refractivity contribution in [2.75, 3.05) is 0 Å². The molecule has 1 heterocycles. The number of nitriles is 1. The molecule has 0 amide bonds. The lowest BCUT2D eigenvalue weighted by atomic mass is 9.67. The molecule has 9 rings (SSSR count). The Morgan fingerprint density at radius 3 is 1.61 bits per heavy atom. The van der Waals surface area contributed by atoms with E-state index >= 15 is 0 Å². The minimum Gasteiger partial charge on any atom is -0.246 e. The number of aromatic nitrogens is 1. The van der Waals surface area contributed by atoms with Crippen molar-refractivity contribution in [3.05, 3.63) is 210 Å². The van der Waals surface area contributed by atoms with Gasteiger partial charge in [-0.1, -0.05) is 152 Å². The zero-order chi connectivity index (χ0) is 32.8. The van der Waals surface area contributed by atoms with E-state index in [1.807, 2.05) is 12.1 Å². The van der Waals surface area contributed by atoms with Crippen LogP contribution in [0.5, 0.6) is 0 Å². The molecule has 0 unspecified atom stereocenters. The monoisotopic (exact) mass is 622 g/mol. The summed E-state index contributed by atoms with van der Waals surface area (Å²) in [7, 11) is 0. The molecular formula is C47H30N2. The Balaban J connectivity index is 1.33. The molecule has 1 aromatic heterocycles. The summed E-state index contributed by atoms with van der Waals surface area (Å²) in [6.07, 6.45) is 1.69. The Hall–Kier alpha value is -6.56. The fraction of sp³-hybridized carbons (Fsp3) is 0.0213. The van der Waals surface area contributed by atoms with Crippen molar-refractivity contribution in [1.82, 2.24) is 4.98 Å². The number of hydrogen-bond acceptors (Lipinski definition) is 2. The van der Waals surface area contributed by atoms with Gasteiger partial charge in [-0.15, -0.1) is 0 Å². The highest BCUT2D eigenvalue weighted by atomic mass is 14.7. The molecule has 0 aliphatic heterocycles. The summed E-state index contributed by atoms with van der Waals surface area (Å²) in [5, 5.41) is 11.9.